The van der Waals surface area contributed by atoms with Crippen molar-refractivity contribution < 1.29 is 9.59 Å². The van der Waals surface area contributed by atoms with Gasteiger partial charge in [-0.3, -0.25) is 9.59 Å². The third-order valence-electron chi connectivity index (χ3n) is 4.77. The van der Waals surface area contributed by atoms with Crippen molar-refractivity contribution in [3.8, 4) is 0 Å². The third-order valence-corrected chi connectivity index (χ3v) is 5.36. The molecular weight excluding hydrogens is 419 g/mol. The standard InChI is InChI=1S/C24H30Cl2N2O2/c1-16-6-8-18(9-7-16)10-13-22(29)28(17(2)23(30)27-24(3,4)5)15-19-11-12-20(25)14-21(19)26/h6-9,11-12,14,17H,10,13,15H2,1-5H3,(H,27,30)/t17-/m0/s1. The molecule has 1 N–H and O–H groups in total. The molecule has 0 aromatic heterocycles. The number of halogens is 2. The summed E-state index contributed by atoms with van der Waals surface area (Å²) in [7, 11) is 0. The monoisotopic (exact) mass is 448 g/mol. The van der Waals surface area contributed by atoms with Crippen LogP contribution in [-0.4, -0.2) is 28.3 Å². The summed E-state index contributed by atoms with van der Waals surface area (Å²) in [6, 6.07) is 12.7. The average Bonchev–Trinajstić information content (AvgIpc) is 2.65. The quantitative estimate of drug-likeness (QED) is 0.601. The van der Waals surface area contributed by atoms with Gasteiger partial charge < -0.3 is 10.2 Å². The molecule has 0 bridgehead atoms. The van der Waals surface area contributed by atoms with Gasteiger partial charge in [0.2, 0.25) is 11.8 Å². The SMILES string of the molecule is Cc1ccc(CCC(=O)N(Cc2ccc(Cl)cc2Cl)[C@@H](C)C(=O)NC(C)(C)C)cc1. The molecule has 2 amide bonds. The second kappa shape index (κ2) is 10.3. The van der Waals surface area contributed by atoms with E-state index in [1.807, 2.05) is 52.0 Å². The zero-order valence-electron chi connectivity index (χ0n) is 18.3. The Labute approximate surface area is 189 Å². The van der Waals surface area contributed by atoms with Crippen LogP contribution in [0.2, 0.25) is 10.0 Å². The summed E-state index contributed by atoms with van der Waals surface area (Å²) in [6.07, 6.45) is 0.916. The Bertz CT molecular complexity index is 889. The molecule has 2 aromatic carbocycles. The summed E-state index contributed by atoms with van der Waals surface area (Å²) in [5, 5.41) is 3.96. The number of nitrogens with zero attached hydrogens (tertiary/aromatic N) is 1. The number of amides is 2. The maximum absolute atomic E-state index is 13.2. The van der Waals surface area contributed by atoms with Crippen molar-refractivity contribution in [1.82, 2.24) is 10.2 Å². The lowest BCUT2D eigenvalue weighted by Crippen LogP contribution is -2.52. The van der Waals surface area contributed by atoms with E-state index in [4.69, 9.17) is 23.2 Å². The van der Waals surface area contributed by atoms with Crippen molar-refractivity contribution in [1.29, 1.82) is 0 Å². The van der Waals surface area contributed by atoms with Crippen LogP contribution in [0.15, 0.2) is 42.5 Å². The van der Waals surface area contributed by atoms with Gasteiger partial charge in [0.1, 0.15) is 6.04 Å². The highest BCUT2D eigenvalue weighted by Gasteiger charge is 2.28. The van der Waals surface area contributed by atoms with Crippen LogP contribution in [0, 0.1) is 6.92 Å². The van der Waals surface area contributed by atoms with E-state index in [0.29, 0.717) is 22.9 Å². The van der Waals surface area contributed by atoms with Gasteiger partial charge in [0.05, 0.1) is 0 Å². The van der Waals surface area contributed by atoms with Crippen LogP contribution in [0.3, 0.4) is 0 Å². The van der Waals surface area contributed by atoms with Crippen molar-refractivity contribution in [2.45, 2.75) is 65.6 Å². The third kappa shape index (κ3) is 7.33. The van der Waals surface area contributed by atoms with E-state index in [0.717, 1.165) is 11.1 Å². The topological polar surface area (TPSA) is 49.4 Å². The Kier molecular flexibility index (Phi) is 8.34. The Morgan fingerprint density at radius 3 is 2.27 bits per heavy atom. The first-order chi connectivity index (χ1) is 14.0. The molecule has 162 valence electrons. The van der Waals surface area contributed by atoms with Crippen molar-refractivity contribution in [3.63, 3.8) is 0 Å². The van der Waals surface area contributed by atoms with Gasteiger partial charge in [-0.1, -0.05) is 59.1 Å². The van der Waals surface area contributed by atoms with E-state index in [2.05, 4.69) is 5.32 Å². The molecule has 0 aliphatic carbocycles. The normalized spacial score (nSPS) is 12.4. The van der Waals surface area contributed by atoms with E-state index >= 15 is 0 Å². The molecule has 0 aliphatic heterocycles. The molecule has 0 saturated heterocycles. The van der Waals surface area contributed by atoms with Gasteiger partial charge in [0.15, 0.2) is 0 Å². The van der Waals surface area contributed by atoms with Crippen LogP contribution in [0.25, 0.3) is 0 Å². The number of rotatable bonds is 7. The van der Waals surface area contributed by atoms with Crippen molar-refractivity contribution in [3.05, 3.63) is 69.2 Å². The zero-order chi connectivity index (χ0) is 22.5. The molecule has 6 heteroatoms. The summed E-state index contributed by atoms with van der Waals surface area (Å²) in [5.41, 5.74) is 2.63. The zero-order valence-corrected chi connectivity index (χ0v) is 19.8. The van der Waals surface area contributed by atoms with E-state index in [1.54, 1.807) is 30.0 Å². The Morgan fingerprint density at radius 1 is 1.07 bits per heavy atom. The molecule has 2 aromatic rings. The van der Waals surface area contributed by atoms with Gasteiger partial charge >= 0.3 is 0 Å². The molecule has 30 heavy (non-hydrogen) atoms. The molecular formula is C24H30Cl2N2O2. The summed E-state index contributed by atoms with van der Waals surface area (Å²) < 4.78 is 0. The highest BCUT2D eigenvalue weighted by atomic mass is 35.5. The predicted octanol–water partition coefficient (Wildman–Crippen LogP) is 5.57. The molecule has 4 nitrogen and oxygen atoms in total. The van der Waals surface area contributed by atoms with Crippen LogP contribution in [0.4, 0.5) is 0 Å². The molecule has 0 unspecified atom stereocenters. The number of benzene rings is 2. The van der Waals surface area contributed by atoms with Gasteiger partial charge in [0.25, 0.3) is 0 Å². The highest BCUT2D eigenvalue weighted by molar-refractivity contribution is 6.35. The lowest BCUT2D eigenvalue weighted by molar-refractivity contribution is -0.141. The molecule has 0 fully saturated rings. The molecule has 0 aliphatic rings. The Morgan fingerprint density at radius 2 is 1.70 bits per heavy atom. The summed E-state index contributed by atoms with van der Waals surface area (Å²) in [5.74, 6) is -0.297. The maximum atomic E-state index is 13.2. The highest BCUT2D eigenvalue weighted by Crippen LogP contribution is 2.24. The van der Waals surface area contributed by atoms with Crippen LogP contribution < -0.4 is 5.32 Å². The number of hydrogen-bond donors (Lipinski definition) is 1. The molecule has 0 radical (unpaired) electrons. The van der Waals surface area contributed by atoms with Gasteiger partial charge in [0, 0.05) is 28.5 Å². The Hall–Kier alpha value is -2.04. The molecule has 0 heterocycles. The first-order valence-corrected chi connectivity index (χ1v) is 10.8. The van der Waals surface area contributed by atoms with Crippen molar-refractivity contribution >= 4 is 35.0 Å². The number of nitrogens with one attached hydrogen (secondary N) is 1. The first kappa shape index (κ1) is 24.2. The fraction of sp³-hybridized carbons (Fsp3) is 0.417. The van der Waals surface area contributed by atoms with E-state index in [1.165, 1.54) is 5.56 Å². The molecule has 2 rings (SSSR count). The van der Waals surface area contributed by atoms with Crippen LogP contribution in [0.1, 0.15) is 50.8 Å². The summed E-state index contributed by atoms with van der Waals surface area (Å²) in [6.45, 7) is 9.75. The summed E-state index contributed by atoms with van der Waals surface area (Å²) >= 11 is 12.3. The lowest BCUT2D eigenvalue weighted by atomic mass is 10.1. The number of hydrogen-bond acceptors (Lipinski definition) is 2. The smallest absolute Gasteiger partial charge is 0.242 e. The second-order valence-corrected chi connectivity index (χ2v) is 9.50. The minimum Gasteiger partial charge on any atom is -0.350 e. The Balaban J connectivity index is 2.21. The fourth-order valence-electron chi connectivity index (χ4n) is 3.04. The molecule has 0 spiro atoms. The van der Waals surface area contributed by atoms with Gasteiger partial charge in [-0.2, -0.15) is 0 Å². The minimum absolute atomic E-state index is 0.0989. The maximum Gasteiger partial charge on any atom is 0.242 e. The number of carbonyl (C=O) groups is 2. The van der Waals surface area contributed by atoms with Crippen LogP contribution in [-0.2, 0) is 22.6 Å². The van der Waals surface area contributed by atoms with E-state index in [-0.39, 0.29) is 23.9 Å². The van der Waals surface area contributed by atoms with Crippen molar-refractivity contribution in [2.75, 3.05) is 0 Å². The summed E-state index contributed by atoms with van der Waals surface area (Å²) in [4.78, 5) is 27.5. The van der Waals surface area contributed by atoms with Gasteiger partial charge in [-0.05, 0) is 64.3 Å². The molecule has 0 saturated carbocycles. The number of aryl methyl sites for hydroxylation is 2. The van der Waals surface area contributed by atoms with Crippen LogP contribution in [0.5, 0.6) is 0 Å². The van der Waals surface area contributed by atoms with Crippen molar-refractivity contribution in [2.24, 2.45) is 0 Å². The predicted molar refractivity (Wildman–Crippen MR) is 124 cm³/mol. The van der Waals surface area contributed by atoms with Gasteiger partial charge in [-0.15, -0.1) is 0 Å². The van der Waals surface area contributed by atoms with Gasteiger partial charge in [-0.25, -0.2) is 0 Å². The van der Waals surface area contributed by atoms with E-state index < -0.39 is 6.04 Å². The second-order valence-electron chi connectivity index (χ2n) is 8.66. The first-order valence-electron chi connectivity index (χ1n) is 10.1. The van der Waals surface area contributed by atoms with Crippen LogP contribution >= 0.6 is 23.2 Å². The number of carbonyl (C=O) groups excluding carboxylic acids is 2. The fourth-order valence-corrected chi connectivity index (χ4v) is 3.51. The largest absolute Gasteiger partial charge is 0.350 e. The molecule has 1 atom stereocenters. The average molecular weight is 449 g/mol. The lowest BCUT2D eigenvalue weighted by Gasteiger charge is -2.31. The minimum atomic E-state index is -0.638. The van der Waals surface area contributed by atoms with E-state index in [9.17, 15) is 9.59 Å².